The SMILES string of the molecule is COc1ccc(-c2nc(COc3nc(N(C)C)c4ccccc4n3)cc(N3CCCC3)n2)cc1OC.Cl.Cl. The fourth-order valence-corrected chi connectivity index (χ4v) is 4.35. The van der Waals surface area contributed by atoms with Crippen LogP contribution in [0.5, 0.6) is 17.5 Å². The Balaban J connectivity index is 0.00000200. The van der Waals surface area contributed by atoms with E-state index in [-0.39, 0.29) is 31.4 Å². The molecule has 38 heavy (non-hydrogen) atoms. The zero-order valence-electron chi connectivity index (χ0n) is 21.9. The molecule has 1 fully saturated rings. The van der Waals surface area contributed by atoms with E-state index >= 15 is 0 Å². The van der Waals surface area contributed by atoms with E-state index in [0.717, 1.165) is 59.7 Å². The van der Waals surface area contributed by atoms with Gasteiger partial charge < -0.3 is 24.0 Å². The van der Waals surface area contributed by atoms with Crippen molar-refractivity contribution in [3.63, 3.8) is 0 Å². The average molecular weight is 559 g/mol. The Hall–Kier alpha value is -3.56. The van der Waals surface area contributed by atoms with Gasteiger partial charge in [0, 0.05) is 44.2 Å². The number of anilines is 2. The summed E-state index contributed by atoms with van der Waals surface area (Å²) < 4.78 is 17.0. The number of nitrogens with zero attached hydrogens (tertiary/aromatic N) is 6. The maximum absolute atomic E-state index is 6.08. The molecule has 5 rings (SSSR count). The summed E-state index contributed by atoms with van der Waals surface area (Å²) in [5.74, 6) is 3.59. The Morgan fingerprint density at radius 1 is 0.842 bits per heavy atom. The van der Waals surface area contributed by atoms with Crippen LogP contribution in [0.4, 0.5) is 11.6 Å². The van der Waals surface area contributed by atoms with Gasteiger partial charge in [0.25, 0.3) is 0 Å². The number of ether oxygens (including phenoxy) is 3. The van der Waals surface area contributed by atoms with Crippen molar-refractivity contribution in [3.8, 4) is 28.9 Å². The van der Waals surface area contributed by atoms with E-state index in [1.54, 1.807) is 14.2 Å². The molecule has 0 bridgehead atoms. The fourth-order valence-electron chi connectivity index (χ4n) is 4.35. The lowest BCUT2D eigenvalue weighted by Gasteiger charge is -2.19. The first kappa shape index (κ1) is 29.0. The van der Waals surface area contributed by atoms with Crippen molar-refractivity contribution in [2.24, 2.45) is 0 Å². The van der Waals surface area contributed by atoms with E-state index < -0.39 is 0 Å². The van der Waals surface area contributed by atoms with Crippen LogP contribution < -0.4 is 24.0 Å². The smallest absolute Gasteiger partial charge is 0.319 e. The summed E-state index contributed by atoms with van der Waals surface area (Å²) in [6.07, 6.45) is 2.31. The maximum atomic E-state index is 6.08. The number of fused-ring (bicyclic) bond motifs is 1. The summed E-state index contributed by atoms with van der Waals surface area (Å²) in [7, 11) is 7.16. The lowest BCUT2D eigenvalue weighted by atomic mass is 10.2. The van der Waals surface area contributed by atoms with Crippen LogP contribution in [0.25, 0.3) is 22.3 Å². The fraction of sp³-hybridized carbons (Fsp3) is 0.333. The summed E-state index contributed by atoms with van der Waals surface area (Å²) in [5.41, 5.74) is 2.42. The van der Waals surface area contributed by atoms with Crippen LogP contribution in [0, 0.1) is 0 Å². The topological polar surface area (TPSA) is 85.7 Å². The van der Waals surface area contributed by atoms with Crippen LogP contribution >= 0.6 is 24.8 Å². The Bertz CT molecular complexity index is 1380. The second kappa shape index (κ2) is 12.8. The highest BCUT2D eigenvalue weighted by molar-refractivity contribution is 5.89. The van der Waals surface area contributed by atoms with Crippen molar-refractivity contribution in [2.75, 3.05) is 51.2 Å². The summed E-state index contributed by atoms with van der Waals surface area (Å²) in [6.45, 7) is 2.17. The van der Waals surface area contributed by atoms with Gasteiger partial charge in [-0.1, -0.05) is 12.1 Å². The Kier molecular flexibility index (Phi) is 9.77. The van der Waals surface area contributed by atoms with Crippen LogP contribution in [-0.2, 0) is 6.61 Å². The quantitative estimate of drug-likeness (QED) is 0.289. The monoisotopic (exact) mass is 558 g/mol. The van der Waals surface area contributed by atoms with Crippen molar-refractivity contribution in [2.45, 2.75) is 19.4 Å². The van der Waals surface area contributed by atoms with Crippen LogP contribution in [0.2, 0.25) is 0 Å². The third-order valence-corrected chi connectivity index (χ3v) is 6.17. The van der Waals surface area contributed by atoms with Gasteiger partial charge >= 0.3 is 6.01 Å². The molecule has 4 aromatic rings. The Morgan fingerprint density at radius 3 is 2.29 bits per heavy atom. The lowest BCUT2D eigenvalue weighted by Crippen LogP contribution is -2.20. The number of para-hydroxylation sites is 1. The minimum atomic E-state index is 0. The summed E-state index contributed by atoms with van der Waals surface area (Å²) in [5, 5.41) is 0.976. The minimum absolute atomic E-state index is 0. The first-order valence-electron chi connectivity index (χ1n) is 12.0. The van der Waals surface area contributed by atoms with Crippen molar-refractivity contribution >= 4 is 47.4 Å². The van der Waals surface area contributed by atoms with Gasteiger partial charge in [0.2, 0.25) is 0 Å². The number of methoxy groups -OCH3 is 2. The number of aromatic nitrogens is 4. The van der Waals surface area contributed by atoms with Crippen molar-refractivity contribution in [1.82, 2.24) is 19.9 Å². The van der Waals surface area contributed by atoms with E-state index in [1.165, 1.54) is 0 Å². The third kappa shape index (κ3) is 6.11. The summed E-state index contributed by atoms with van der Waals surface area (Å²) in [4.78, 5) is 23.2. The van der Waals surface area contributed by atoms with Gasteiger partial charge in [0.1, 0.15) is 18.2 Å². The zero-order valence-corrected chi connectivity index (χ0v) is 23.5. The third-order valence-electron chi connectivity index (χ3n) is 6.17. The molecule has 9 nitrogen and oxygen atoms in total. The number of rotatable bonds is 8. The van der Waals surface area contributed by atoms with Crippen LogP contribution in [0.3, 0.4) is 0 Å². The Morgan fingerprint density at radius 2 is 1.58 bits per heavy atom. The summed E-state index contributed by atoms with van der Waals surface area (Å²) >= 11 is 0. The minimum Gasteiger partial charge on any atom is -0.493 e. The zero-order chi connectivity index (χ0) is 25.1. The highest BCUT2D eigenvalue weighted by atomic mass is 35.5. The number of hydrogen-bond donors (Lipinski definition) is 0. The van der Waals surface area contributed by atoms with Crippen LogP contribution in [-0.4, -0.2) is 61.3 Å². The van der Waals surface area contributed by atoms with Crippen LogP contribution in [0.1, 0.15) is 18.5 Å². The van der Waals surface area contributed by atoms with E-state index in [9.17, 15) is 0 Å². The molecule has 1 saturated heterocycles. The predicted molar refractivity (Wildman–Crippen MR) is 155 cm³/mol. The molecule has 0 amide bonds. The van der Waals surface area contributed by atoms with Crippen molar-refractivity contribution < 1.29 is 14.2 Å². The molecule has 0 atom stereocenters. The van der Waals surface area contributed by atoms with E-state index in [4.69, 9.17) is 24.2 Å². The number of benzene rings is 2. The van der Waals surface area contributed by atoms with Gasteiger partial charge in [-0.15, -0.1) is 24.8 Å². The second-order valence-electron chi connectivity index (χ2n) is 8.84. The molecule has 0 N–H and O–H groups in total. The first-order valence-corrected chi connectivity index (χ1v) is 12.0. The first-order chi connectivity index (χ1) is 17.6. The highest BCUT2D eigenvalue weighted by Crippen LogP contribution is 2.32. The molecule has 3 heterocycles. The molecule has 0 spiro atoms. The number of halogens is 2. The molecule has 1 aliphatic rings. The lowest BCUT2D eigenvalue weighted by molar-refractivity contribution is 0.278. The van der Waals surface area contributed by atoms with Crippen molar-refractivity contribution in [3.05, 3.63) is 54.2 Å². The standard InChI is InChI=1S/C27H30N6O3.2ClH/c1-32(2)26-20-9-5-6-10-21(20)29-27(31-26)36-17-19-16-24(33-13-7-8-14-33)30-25(28-19)18-11-12-22(34-3)23(15-18)35-4;;/h5-6,9-12,15-16H,7-8,13-14,17H2,1-4H3;2*1H. The van der Waals surface area contributed by atoms with E-state index in [1.807, 2.05) is 67.5 Å². The molecule has 0 radical (unpaired) electrons. The molecular weight excluding hydrogens is 527 g/mol. The van der Waals surface area contributed by atoms with Gasteiger partial charge in [-0.3, -0.25) is 0 Å². The molecule has 0 saturated carbocycles. The number of hydrogen-bond acceptors (Lipinski definition) is 9. The molecule has 11 heteroatoms. The summed E-state index contributed by atoms with van der Waals surface area (Å²) in [6, 6.07) is 15.9. The molecule has 1 aliphatic heterocycles. The van der Waals surface area contributed by atoms with E-state index in [0.29, 0.717) is 23.3 Å². The average Bonchev–Trinajstić information content (AvgIpc) is 3.46. The normalized spacial score (nSPS) is 12.5. The maximum Gasteiger partial charge on any atom is 0.319 e. The van der Waals surface area contributed by atoms with Crippen molar-refractivity contribution in [1.29, 1.82) is 0 Å². The Labute approximate surface area is 235 Å². The van der Waals surface area contributed by atoms with E-state index in [2.05, 4.69) is 14.9 Å². The molecule has 0 unspecified atom stereocenters. The van der Waals surface area contributed by atoms with Gasteiger partial charge in [-0.25, -0.2) is 9.97 Å². The molecule has 0 aliphatic carbocycles. The van der Waals surface area contributed by atoms with Crippen LogP contribution in [0.15, 0.2) is 48.5 Å². The molecule has 2 aromatic carbocycles. The second-order valence-corrected chi connectivity index (χ2v) is 8.84. The highest BCUT2D eigenvalue weighted by Gasteiger charge is 2.18. The van der Waals surface area contributed by atoms with Gasteiger partial charge in [0.05, 0.1) is 25.4 Å². The largest absolute Gasteiger partial charge is 0.493 e. The molecular formula is C27H32Cl2N6O3. The van der Waals surface area contributed by atoms with Gasteiger partial charge in [-0.05, 0) is 43.2 Å². The predicted octanol–water partition coefficient (Wildman–Crippen LogP) is 5.19. The molecule has 2 aromatic heterocycles. The van der Waals surface area contributed by atoms with Gasteiger partial charge in [0.15, 0.2) is 17.3 Å². The van der Waals surface area contributed by atoms with Gasteiger partial charge in [-0.2, -0.15) is 9.97 Å². The molecule has 202 valence electrons.